The van der Waals surface area contributed by atoms with Crippen molar-refractivity contribution in [2.75, 3.05) is 13.7 Å². The van der Waals surface area contributed by atoms with Gasteiger partial charge in [0.05, 0.1) is 17.6 Å². The Bertz CT molecular complexity index is 770. The highest BCUT2D eigenvalue weighted by molar-refractivity contribution is 7.89. The molecular formula is C18H21NO4S. The summed E-state index contributed by atoms with van der Waals surface area (Å²) in [5.74, 6) is -0.391. The summed E-state index contributed by atoms with van der Waals surface area (Å²) < 4.78 is 32.1. The maximum absolute atomic E-state index is 12.4. The standard InChI is InChI=1S/C18H21NO4S/c1-3-14(15-7-5-4-6-8-15)13-19-24(21,22)17-11-9-16(10-12-17)18(20)23-2/h4-12,14,19H,3,13H2,1-2H3. The van der Waals surface area contributed by atoms with Crippen LogP contribution in [0.1, 0.15) is 35.2 Å². The fourth-order valence-corrected chi connectivity index (χ4v) is 3.49. The molecular weight excluding hydrogens is 326 g/mol. The Morgan fingerprint density at radius 1 is 1.08 bits per heavy atom. The van der Waals surface area contributed by atoms with Gasteiger partial charge in [0.2, 0.25) is 10.0 Å². The molecule has 0 saturated heterocycles. The van der Waals surface area contributed by atoms with Crippen molar-refractivity contribution in [2.24, 2.45) is 0 Å². The normalized spacial score (nSPS) is 12.6. The van der Waals surface area contributed by atoms with Crippen LogP contribution >= 0.6 is 0 Å². The van der Waals surface area contributed by atoms with Gasteiger partial charge >= 0.3 is 5.97 Å². The summed E-state index contributed by atoms with van der Waals surface area (Å²) >= 11 is 0. The Morgan fingerprint density at radius 3 is 2.25 bits per heavy atom. The highest BCUT2D eigenvalue weighted by Gasteiger charge is 2.18. The summed E-state index contributed by atoms with van der Waals surface area (Å²) in [4.78, 5) is 11.5. The monoisotopic (exact) mass is 347 g/mol. The molecule has 1 atom stereocenters. The number of benzene rings is 2. The Kier molecular flexibility index (Phi) is 6.11. The molecule has 0 saturated carbocycles. The van der Waals surface area contributed by atoms with Crippen molar-refractivity contribution in [2.45, 2.75) is 24.2 Å². The predicted molar refractivity (Wildman–Crippen MR) is 92.4 cm³/mol. The molecule has 0 amide bonds. The van der Waals surface area contributed by atoms with Crippen molar-refractivity contribution in [3.8, 4) is 0 Å². The highest BCUT2D eigenvalue weighted by Crippen LogP contribution is 2.19. The molecule has 2 aromatic rings. The summed E-state index contributed by atoms with van der Waals surface area (Å²) in [6.45, 7) is 2.35. The molecule has 0 radical (unpaired) electrons. The molecule has 0 fully saturated rings. The first kappa shape index (κ1) is 18.2. The van der Waals surface area contributed by atoms with E-state index in [4.69, 9.17) is 0 Å². The van der Waals surface area contributed by atoms with Crippen LogP contribution in [-0.4, -0.2) is 28.0 Å². The van der Waals surface area contributed by atoms with Crippen LogP contribution < -0.4 is 4.72 Å². The summed E-state index contributed by atoms with van der Waals surface area (Å²) in [6.07, 6.45) is 0.827. The van der Waals surface area contributed by atoms with Gasteiger partial charge in [-0.05, 0) is 42.2 Å². The van der Waals surface area contributed by atoms with Crippen LogP contribution in [0.3, 0.4) is 0 Å². The van der Waals surface area contributed by atoms with E-state index in [1.54, 1.807) is 0 Å². The molecule has 0 heterocycles. The first-order valence-electron chi connectivity index (χ1n) is 7.71. The molecule has 0 aliphatic rings. The predicted octanol–water partition coefficient (Wildman–Crippen LogP) is 2.95. The zero-order valence-electron chi connectivity index (χ0n) is 13.7. The van der Waals surface area contributed by atoms with Crippen molar-refractivity contribution in [1.29, 1.82) is 0 Å². The topological polar surface area (TPSA) is 72.5 Å². The highest BCUT2D eigenvalue weighted by atomic mass is 32.2. The average Bonchev–Trinajstić information content (AvgIpc) is 2.62. The molecule has 2 rings (SSSR count). The van der Waals surface area contributed by atoms with Crippen LogP contribution in [0.2, 0.25) is 0 Å². The number of esters is 1. The molecule has 0 spiro atoms. The van der Waals surface area contributed by atoms with Gasteiger partial charge in [-0.3, -0.25) is 0 Å². The second-order valence-electron chi connectivity index (χ2n) is 5.38. The Balaban J connectivity index is 2.09. The fourth-order valence-electron chi connectivity index (χ4n) is 2.40. The lowest BCUT2D eigenvalue weighted by atomic mass is 9.97. The number of sulfonamides is 1. The Labute approximate surface area is 142 Å². The summed E-state index contributed by atoms with van der Waals surface area (Å²) in [7, 11) is -2.34. The van der Waals surface area contributed by atoms with E-state index in [0.717, 1.165) is 12.0 Å². The molecule has 128 valence electrons. The number of hydrogen-bond acceptors (Lipinski definition) is 4. The number of methoxy groups -OCH3 is 1. The quantitative estimate of drug-likeness (QED) is 0.782. The van der Waals surface area contributed by atoms with E-state index in [2.05, 4.69) is 9.46 Å². The number of rotatable bonds is 7. The lowest BCUT2D eigenvalue weighted by Crippen LogP contribution is -2.28. The summed E-state index contributed by atoms with van der Waals surface area (Å²) in [5.41, 5.74) is 1.41. The smallest absolute Gasteiger partial charge is 0.337 e. The number of carbonyl (C=O) groups excluding carboxylic acids is 1. The molecule has 24 heavy (non-hydrogen) atoms. The maximum Gasteiger partial charge on any atom is 0.337 e. The SMILES string of the molecule is CCC(CNS(=O)(=O)c1ccc(C(=O)OC)cc1)c1ccccc1. The lowest BCUT2D eigenvalue weighted by molar-refractivity contribution is 0.0600. The molecule has 0 aromatic heterocycles. The number of ether oxygens (including phenoxy) is 1. The maximum atomic E-state index is 12.4. The minimum atomic E-state index is -3.62. The number of nitrogens with one attached hydrogen (secondary N) is 1. The van der Waals surface area contributed by atoms with E-state index in [1.807, 2.05) is 37.3 Å². The first-order chi connectivity index (χ1) is 11.5. The van der Waals surface area contributed by atoms with Gasteiger partial charge in [0.25, 0.3) is 0 Å². The van der Waals surface area contributed by atoms with E-state index in [1.165, 1.54) is 31.4 Å². The zero-order valence-corrected chi connectivity index (χ0v) is 14.5. The van der Waals surface area contributed by atoms with Gasteiger partial charge in [0, 0.05) is 6.54 Å². The van der Waals surface area contributed by atoms with Crippen molar-refractivity contribution >= 4 is 16.0 Å². The van der Waals surface area contributed by atoms with E-state index < -0.39 is 16.0 Å². The van der Waals surface area contributed by atoms with Gasteiger partial charge in [-0.1, -0.05) is 37.3 Å². The Morgan fingerprint density at radius 2 is 1.71 bits per heavy atom. The lowest BCUT2D eigenvalue weighted by Gasteiger charge is -2.16. The second-order valence-corrected chi connectivity index (χ2v) is 7.15. The van der Waals surface area contributed by atoms with Gasteiger partial charge in [-0.15, -0.1) is 0 Å². The summed E-state index contributed by atoms with van der Waals surface area (Å²) in [5, 5.41) is 0. The van der Waals surface area contributed by atoms with Crippen LogP contribution in [-0.2, 0) is 14.8 Å². The van der Waals surface area contributed by atoms with Crippen LogP contribution in [0.5, 0.6) is 0 Å². The van der Waals surface area contributed by atoms with Crippen molar-refractivity contribution in [1.82, 2.24) is 4.72 Å². The third-order valence-corrected chi connectivity index (χ3v) is 5.31. The molecule has 6 heteroatoms. The van der Waals surface area contributed by atoms with Crippen LogP contribution in [0, 0.1) is 0 Å². The van der Waals surface area contributed by atoms with Gasteiger partial charge in [0.15, 0.2) is 0 Å². The first-order valence-corrected chi connectivity index (χ1v) is 9.19. The van der Waals surface area contributed by atoms with E-state index in [9.17, 15) is 13.2 Å². The van der Waals surface area contributed by atoms with E-state index >= 15 is 0 Å². The zero-order chi connectivity index (χ0) is 17.6. The van der Waals surface area contributed by atoms with Crippen molar-refractivity contribution in [3.63, 3.8) is 0 Å². The number of hydrogen-bond donors (Lipinski definition) is 1. The van der Waals surface area contributed by atoms with Crippen LogP contribution in [0.15, 0.2) is 59.5 Å². The van der Waals surface area contributed by atoms with E-state index in [-0.39, 0.29) is 10.8 Å². The average molecular weight is 347 g/mol. The second kappa shape index (κ2) is 8.08. The van der Waals surface area contributed by atoms with Gasteiger partial charge in [0.1, 0.15) is 0 Å². The van der Waals surface area contributed by atoms with Gasteiger partial charge in [-0.2, -0.15) is 0 Å². The molecule has 5 nitrogen and oxygen atoms in total. The summed E-state index contributed by atoms with van der Waals surface area (Å²) in [6, 6.07) is 15.5. The molecule has 1 unspecified atom stereocenters. The van der Waals surface area contributed by atoms with E-state index in [0.29, 0.717) is 12.1 Å². The van der Waals surface area contributed by atoms with Crippen LogP contribution in [0.25, 0.3) is 0 Å². The molecule has 0 aliphatic heterocycles. The third-order valence-electron chi connectivity index (χ3n) is 3.87. The van der Waals surface area contributed by atoms with Crippen molar-refractivity contribution < 1.29 is 17.9 Å². The van der Waals surface area contributed by atoms with Gasteiger partial charge < -0.3 is 4.74 Å². The van der Waals surface area contributed by atoms with Gasteiger partial charge in [-0.25, -0.2) is 17.9 Å². The third kappa shape index (κ3) is 4.43. The minimum absolute atomic E-state index is 0.107. The fraction of sp³-hybridized carbons (Fsp3) is 0.278. The van der Waals surface area contributed by atoms with Crippen LogP contribution in [0.4, 0.5) is 0 Å². The molecule has 2 aromatic carbocycles. The van der Waals surface area contributed by atoms with Crippen molar-refractivity contribution in [3.05, 3.63) is 65.7 Å². The molecule has 0 aliphatic carbocycles. The molecule has 0 bridgehead atoms. The minimum Gasteiger partial charge on any atom is -0.465 e. The molecule has 1 N–H and O–H groups in total. The number of carbonyl (C=O) groups is 1. The largest absolute Gasteiger partial charge is 0.465 e. The Hall–Kier alpha value is -2.18.